The molecule has 2 rings (SSSR count). The number of hydrogen-bond donors (Lipinski definition) is 0. The zero-order valence-electron chi connectivity index (χ0n) is 20.5. The molecule has 4 heteroatoms. The lowest BCUT2D eigenvalue weighted by atomic mass is 10.0. The molecular formula is C29H42O4. The molecule has 0 aliphatic heterocycles. The van der Waals surface area contributed by atoms with Gasteiger partial charge in [-0.3, -0.25) is 4.89 Å². The molecular weight excluding hydrogens is 412 g/mol. The second-order valence-corrected chi connectivity index (χ2v) is 8.71. The minimum Gasteiger partial charge on any atom is -0.374 e. The van der Waals surface area contributed by atoms with Crippen LogP contribution in [0.15, 0.2) is 60.7 Å². The summed E-state index contributed by atoms with van der Waals surface area (Å²) < 4.78 is 6.31. The van der Waals surface area contributed by atoms with E-state index in [0.717, 1.165) is 45.1 Å². The van der Waals surface area contributed by atoms with Gasteiger partial charge in [0.1, 0.15) is 6.10 Å². The zero-order valence-corrected chi connectivity index (χ0v) is 20.5. The molecule has 0 amide bonds. The summed E-state index contributed by atoms with van der Waals surface area (Å²) in [5, 5.41) is 0. The maximum Gasteiger partial charge on any atom is 0.373 e. The van der Waals surface area contributed by atoms with Crippen molar-refractivity contribution < 1.29 is 19.3 Å². The summed E-state index contributed by atoms with van der Waals surface area (Å²) in [6, 6.07) is 19.4. The van der Waals surface area contributed by atoms with Gasteiger partial charge >= 0.3 is 5.97 Å². The van der Waals surface area contributed by atoms with E-state index in [0.29, 0.717) is 5.56 Å². The Labute approximate surface area is 200 Å². The first-order valence-corrected chi connectivity index (χ1v) is 12.8. The first-order valence-electron chi connectivity index (χ1n) is 12.8. The van der Waals surface area contributed by atoms with Crippen LogP contribution in [0.4, 0.5) is 0 Å². The standard InChI is InChI=1S/C29H42O4/c1-3-5-6-7-8-15-24-31-28(25-18-11-9-12-19-25)23-16-22-27(17-4-2)32-33-29(30)26-20-13-10-14-21-26/h9-14,18-21,27-28H,3-8,15-17,22-24H2,1-2H3. The van der Waals surface area contributed by atoms with Crippen LogP contribution in [-0.2, 0) is 14.5 Å². The van der Waals surface area contributed by atoms with E-state index in [9.17, 15) is 4.79 Å². The van der Waals surface area contributed by atoms with E-state index < -0.39 is 5.97 Å². The predicted octanol–water partition coefficient (Wildman–Crippen LogP) is 8.23. The van der Waals surface area contributed by atoms with Crippen molar-refractivity contribution in [2.24, 2.45) is 0 Å². The lowest BCUT2D eigenvalue weighted by Crippen LogP contribution is -2.17. The summed E-state index contributed by atoms with van der Waals surface area (Å²) in [5.74, 6) is -0.443. The fraction of sp³-hybridized carbons (Fsp3) is 0.552. The van der Waals surface area contributed by atoms with Gasteiger partial charge in [0.05, 0.1) is 11.7 Å². The molecule has 0 radical (unpaired) electrons. The number of carbonyl (C=O) groups is 1. The van der Waals surface area contributed by atoms with Gasteiger partial charge in [-0.25, -0.2) is 4.79 Å². The van der Waals surface area contributed by atoms with E-state index in [2.05, 4.69) is 38.1 Å². The van der Waals surface area contributed by atoms with Crippen LogP contribution in [0.5, 0.6) is 0 Å². The van der Waals surface area contributed by atoms with Crippen LogP contribution in [0, 0.1) is 0 Å². The summed E-state index contributed by atoms with van der Waals surface area (Å²) in [7, 11) is 0. The summed E-state index contributed by atoms with van der Waals surface area (Å²) in [4.78, 5) is 22.9. The van der Waals surface area contributed by atoms with Crippen molar-refractivity contribution in [3.63, 3.8) is 0 Å². The molecule has 0 N–H and O–H groups in total. The highest BCUT2D eigenvalue weighted by molar-refractivity contribution is 5.88. The van der Waals surface area contributed by atoms with E-state index in [1.54, 1.807) is 12.1 Å². The molecule has 0 spiro atoms. The molecule has 0 bridgehead atoms. The molecule has 0 heterocycles. The van der Waals surface area contributed by atoms with Gasteiger partial charge in [0.2, 0.25) is 0 Å². The van der Waals surface area contributed by atoms with Crippen molar-refractivity contribution in [3.8, 4) is 0 Å². The molecule has 0 saturated heterocycles. The maximum absolute atomic E-state index is 12.2. The first kappa shape index (κ1) is 27.1. The SMILES string of the molecule is CCCCCCCCOC(CCCC(CCC)OOC(=O)c1ccccc1)c1ccccc1. The molecule has 0 aliphatic carbocycles. The minimum absolute atomic E-state index is 0.0935. The van der Waals surface area contributed by atoms with Crippen molar-refractivity contribution in [1.29, 1.82) is 0 Å². The van der Waals surface area contributed by atoms with Crippen molar-refractivity contribution >= 4 is 5.97 Å². The third-order valence-electron chi connectivity index (χ3n) is 5.86. The molecule has 2 unspecified atom stereocenters. The van der Waals surface area contributed by atoms with Gasteiger partial charge in [-0.2, -0.15) is 4.89 Å². The fourth-order valence-corrected chi connectivity index (χ4v) is 3.95. The number of ether oxygens (including phenoxy) is 1. The molecule has 0 fully saturated rings. The third-order valence-corrected chi connectivity index (χ3v) is 5.86. The Morgan fingerprint density at radius 1 is 0.727 bits per heavy atom. The van der Waals surface area contributed by atoms with Crippen LogP contribution >= 0.6 is 0 Å². The minimum atomic E-state index is -0.443. The average Bonchev–Trinajstić information content (AvgIpc) is 2.86. The van der Waals surface area contributed by atoms with E-state index in [1.165, 1.54) is 37.7 Å². The summed E-state index contributed by atoms with van der Waals surface area (Å²) in [6.45, 7) is 5.16. The fourth-order valence-electron chi connectivity index (χ4n) is 3.95. The van der Waals surface area contributed by atoms with Gasteiger partial charge in [-0.1, -0.05) is 101 Å². The van der Waals surface area contributed by atoms with Gasteiger partial charge in [0.25, 0.3) is 0 Å². The topological polar surface area (TPSA) is 44.8 Å². The molecule has 182 valence electrons. The Kier molecular flexibility index (Phi) is 14.2. The lowest BCUT2D eigenvalue weighted by molar-refractivity contribution is -0.277. The molecule has 2 atom stereocenters. The number of hydrogen-bond acceptors (Lipinski definition) is 4. The molecule has 0 aliphatic rings. The highest BCUT2D eigenvalue weighted by Gasteiger charge is 2.17. The average molecular weight is 455 g/mol. The van der Waals surface area contributed by atoms with Crippen LogP contribution in [-0.4, -0.2) is 18.7 Å². The number of unbranched alkanes of at least 4 members (excludes halogenated alkanes) is 5. The van der Waals surface area contributed by atoms with Gasteiger partial charge in [-0.15, -0.1) is 0 Å². The highest BCUT2D eigenvalue weighted by Crippen LogP contribution is 2.25. The normalized spacial score (nSPS) is 12.9. The monoisotopic (exact) mass is 454 g/mol. The van der Waals surface area contributed by atoms with Crippen LogP contribution in [0.25, 0.3) is 0 Å². The number of carbonyl (C=O) groups excluding carboxylic acids is 1. The molecule has 2 aromatic carbocycles. The molecule has 0 saturated carbocycles. The Morgan fingerprint density at radius 3 is 2.09 bits per heavy atom. The first-order chi connectivity index (χ1) is 16.2. The van der Waals surface area contributed by atoms with Gasteiger partial charge in [0, 0.05) is 6.61 Å². The van der Waals surface area contributed by atoms with Crippen molar-refractivity contribution in [2.75, 3.05) is 6.61 Å². The Bertz CT molecular complexity index is 732. The van der Waals surface area contributed by atoms with Crippen LogP contribution in [0.2, 0.25) is 0 Å². The van der Waals surface area contributed by atoms with Crippen molar-refractivity contribution in [2.45, 2.75) is 96.7 Å². The summed E-state index contributed by atoms with van der Waals surface area (Å²) in [6.07, 6.45) is 12.1. The summed E-state index contributed by atoms with van der Waals surface area (Å²) >= 11 is 0. The number of rotatable bonds is 18. The Hall–Kier alpha value is -2.17. The van der Waals surface area contributed by atoms with Crippen molar-refractivity contribution in [3.05, 3.63) is 71.8 Å². The molecule has 2 aromatic rings. The van der Waals surface area contributed by atoms with Gasteiger partial charge in [0.15, 0.2) is 0 Å². The third kappa shape index (κ3) is 11.5. The highest BCUT2D eigenvalue weighted by atomic mass is 17.2. The van der Waals surface area contributed by atoms with Gasteiger partial charge in [-0.05, 0) is 49.8 Å². The quantitative estimate of drug-likeness (QED) is 0.129. The lowest BCUT2D eigenvalue weighted by Gasteiger charge is -2.20. The van der Waals surface area contributed by atoms with E-state index in [-0.39, 0.29) is 12.2 Å². The van der Waals surface area contributed by atoms with Crippen LogP contribution < -0.4 is 0 Å². The van der Waals surface area contributed by atoms with Crippen LogP contribution in [0.1, 0.15) is 107 Å². The van der Waals surface area contributed by atoms with Gasteiger partial charge < -0.3 is 4.74 Å². The Morgan fingerprint density at radius 2 is 1.39 bits per heavy atom. The largest absolute Gasteiger partial charge is 0.374 e. The zero-order chi connectivity index (χ0) is 23.6. The smallest absolute Gasteiger partial charge is 0.373 e. The predicted molar refractivity (Wildman–Crippen MR) is 134 cm³/mol. The van der Waals surface area contributed by atoms with E-state index in [4.69, 9.17) is 14.5 Å². The van der Waals surface area contributed by atoms with E-state index in [1.807, 2.05) is 24.3 Å². The molecule has 33 heavy (non-hydrogen) atoms. The van der Waals surface area contributed by atoms with Crippen molar-refractivity contribution in [1.82, 2.24) is 0 Å². The summed E-state index contributed by atoms with van der Waals surface area (Å²) in [5.41, 5.74) is 1.73. The second kappa shape index (κ2) is 17.3. The molecule has 4 nitrogen and oxygen atoms in total. The maximum atomic E-state index is 12.2. The Balaban J connectivity index is 1.78. The van der Waals surface area contributed by atoms with Crippen LogP contribution in [0.3, 0.4) is 0 Å². The second-order valence-electron chi connectivity index (χ2n) is 8.71. The molecule has 0 aromatic heterocycles. The number of benzene rings is 2. The van der Waals surface area contributed by atoms with E-state index >= 15 is 0 Å².